The molecule has 1 unspecified atom stereocenters. The van der Waals surface area contributed by atoms with Gasteiger partial charge in [0, 0.05) is 62.0 Å². The van der Waals surface area contributed by atoms with E-state index >= 15 is 0 Å². The summed E-state index contributed by atoms with van der Waals surface area (Å²) in [5, 5.41) is 0. The molecular weight excluding hydrogens is 390 g/mol. The Balaban J connectivity index is 1.16. The molecule has 0 N–H and O–H groups in total. The van der Waals surface area contributed by atoms with Crippen LogP contribution in [0.2, 0.25) is 0 Å². The van der Waals surface area contributed by atoms with Gasteiger partial charge in [0.25, 0.3) is 0 Å². The van der Waals surface area contributed by atoms with Crippen LogP contribution in [-0.2, 0) is 17.9 Å². The fraction of sp³-hybridized carbons (Fsp3) is 0.560. The van der Waals surface area contributed by atoms with E-state index in [0.717, 1.165) is 58.7 Å². The molecule has 4 nitrogen and oxygen atoms in total. The standard InChI is InChI=1S/C25H35N3OS/c1-21-9-11-24(30-21)20-27-13-5-8-23(19-27)10-12-25(29)28-16-14-26(15-17-28)18-22-6-3-2-4-7-22/h2-4,6-7,9,11,23H,5,8,10,12-20H2,1H3. The zero-order valence-electron chi connectivity index (χ0n) is 18.3. The molecule has 1 atom stereocenters. The number of amides is 1. The molecule has 2 aromatic rings. The first-order valence-corrected chi connectivity index (χ1v) is 12.3. The van der Waals surface area contributed by atoms with Gasteiger partial charge in [-0.2, -0.15) is 0 Å². The zero-order chi connectivity index (χ0) is 20.8. The minimum absolute atomic E-state index is 0.361. The van der Waals surface area contributed by atoms with Gasteiger partial charge in [0.15, 0.2) is 0 Å². The van der Waals surface area contributed by atoms with Crippen LogP contribution in [0.25, 0.3) is 0 Å². The Morgan fingerprint density at radius 3 is 2.50 bits per heavy atom. The third kappa shape index (κ3) is 6.16. The summed E-state index contributed by atoms with van der Waals surface area (Å²) in [5.74, 6) is 1.03. The quantitative estimate of drug-likeness (QED) is 0.658. The summed E-state index contributed by atoms with van der Waals surface area (Å²) in [4.78, 5) is 22.8. The minimum atomic E-state index is 0.361. The highest BCUT2D eigenvalue weighted by Gasteiger charge is 2.24. The zero-order valence-corrected chi connectivity index (χ0v) is 19.1. The second-order valence-electron chi connectivity index (χ2n) is 8.94. The van der Waals surface area contributed by atoms with Crippen LogP contribution in [0.4, 0.5) is 0 Å². The van der Waals surface area contributed by atoms with E-state index in [-0.39, 0.29) is 0 Å². The predicted octanol–water partition coefficient (Wildman–Crippen LogP) is 4.39. The number of benzene rings is 1. The van der Waals surface area contributed by atoms with E-state index in [1.165, 1.54) is 34.7 Å². The number of hydrogen-bond donors (Lipinski definition) is 0. The summed E-state index contributed by atoms with van der Waals surface area (Å²) in [6, 6.07) is 15.1. The Morgan fingerprint density at radius 1 is 0.967 bits per heavy atom. The van der Waals surface area contributed by atoms with Crippen molar-refractivity contribution >= 4 is 17.2 Å². The molecule has 1 amide bonds. The normalized spacial score (nSPS) is 21.1. The monoisotopic (exact) mass is 425 g/mol. The Morgan fingerprint density at radius 2 is 1.77 bits per heavy atom. The summed E-state index contributed by atoms with van der Waals surface area (Å²) in [6.07, 6.45) is 4.30. The molecule has 0 aliphatic carbocycles. The molecular formula is C25H35N3OS. The molecule has 2 aliphatic heterocycles. The summed E-state index contributed by atoms with van der Waals surface area (Å²) < 4.78 is 0. The van der Waals surface area contributed by atoms with Crippen molar-refractivity contribution in [2.24, 2.45) is 5.92 Å². The molecule has 2 fully saturated rings. The number of piperidine rings is 1. The van der Waals surface area contributed by atoms with Gasteiger partial charge in [-0.15, -0.1) is 11.3 Å². The maximum Gasteiger partial charge on any atom is 0.222 e. The van der Waals surface area contributed by atoms with Crippen molar-refractivity contribution in [3.05, 3.63) is 57.8 Å². The Labute approximate surface area is 185 Å². The van der Waals surface area contributed by atoms with Crippen molar-refractivity contribution in [1.29, 1.82) is 0 Å². The lowest BCUT2D eigenvalue weighted by Gasteiger charge is -2.36. The highest BCUT2D eigenvalue weighted by atomic mass is 32.1. The van der Waals surface area contributed by atoms with Crippen LogP contribution in [0.15, 0.2) is 42.5 Å². The molecule has 2 aliphatic rings. The van der Waals surface area contributed by atoms with Gasteiger partial charge in [0.1, 0.15) is 0 Å². The van der Waals surface area contributed by atoms with Crippen molar-refractivity contribution in [2.75, 3.05) is 39.3 Å². The van der Waals surface area contributed by atoms with E-state index in [1.54, 1.807) is 0 Å². The number of piperazine rings is 1. The average Bonchev–Trinajstić information content (AvgIpc) is 3.18. The van der Waals surface area contributed by atoms with Crippen LogP contribution < -0.4 is 0 Å². The number of thiophene rings is 1. The van der Waals surface area contributed by atoms with Crippen molar-refractivity contribution in [3.63, 3.8) is 0 Å². The molecule has 1 aromatic carbocycles. The predicted molar refractivity (Wildman–Crippen MR) is 125 cm³/mol. The van der Waals surface area contributed by atoms with Gasteiger partial charge in [-0.1, -0.05) is 30.3 Å². The van der Waals surface area contributed by atoms with Gasteiger partial charge in [-0.3, -0.25) is 14.6 Å². The van der Waals surface area contributed by atoms with E-state index < -0.39 is 0 Å². The molecule has 3 heterocycles. The Kier molecular flexibility index (Phi) is 7.58. The van der Waals surface area contributed by atoms with Crippen LogP contribution in [0.3, 0.4) is 0 Å². The fourth-order valence-corrected chi connectivity index (χ4v) is 5.74. The van der Waals surface area contributed by atoms with Gasteiger partial charge in [0.2, 0.25) is 5.91 Å². The Bertz CT molecular complexity index is 798. The topological polar surface area (TPSA) is 26.8 Å². The van der Waals surface area contributed by atoms with E-state index in [2.05, 4.69) is 64.1 Å². The number of rotatable bonds is 7. The van der Waals surface area contributed by atoms with Gasteiger partial charge in [0.05, 0.1) is 0 Å². The molecule has 162 valence electrons. The van der Waals surface area contributed by atoms with Gasteiger partial charge < -0.3 is 4.90 Å². The number of nitrogens with zero attached hydrogens (tertiary/aromatic N) is 3. The molecule has 0 bridgehead atoms. The average molecular weight is 426 g/mol. The van der Waals surface area contributed by atoms with Gasteiger partial charge >= 0.3 is 0 Å². The van der Waals surface area contributed by atoms with Crippen LogP contribution >= 0.6 is 11.3 Å². The Hall–Kier alpha value is -1.69. The molecule has 2 saturated heterocycles. The lowest BCUT2D eigenvalue weighted by molar-refractivity contribution is -0.133. The smallest absolute Gasteiger partial charge is 0.222 e. The van der Waals surface area contributed by atoms with Crippen LogP contribution in [0.1, 0.15) is 41.0 Å². The number of aryl methyl sites for hydroxylation is 1. The largest absolute Gasteiger partial charge is 0.340 e. The van der Waals surface area contributed by atoms with E-state index in [0.29, 0.717) is 11.8 Å². The molecule has 0 radical (unpaired) electrons. The fourth-order valence-electron chi connectivity index (χ4n) is 4.80. The number of carbonyl (C=O) groups is 1. The lowest BCUT2D eigenvalue weighted by atomic mass is 9.93. The van der Waals surface area contributed by atoms with Gasteiger partial charge in [-0.25, -0.2) is 0 Å². The molecule has 5 heteroatoms. The summed E-state index contributed by atoms with van der Waals surface area (Å²) in [7, 11) is 0. The summed E-state index contributed by atoms with van der Waals surface area (Å²) >= 11 is 1.91. The molecule has 4 rings (SSSR count). The summed E-state index contributed by atoms with van der Waals surface area (Å²) in [5.41, 5.74) is 1.36. The maximum absolute atomic E-state index is 12.8. The molecule has 0 saturated carbocycles. The van der Waals surface area contributed by atoms with E-state index in [1.807, 2.05) is 11.3 Å². The first-order valence-electron chi connectivity index (χ1n) is 11.5. The number of hydrogen-bond acceptors (Lipinski definition) is 4. The highest BCUT2D eigenvalue weighted by Crippen LogP contribution is 2.25. The van der Waals surface area contributed by atoms with Crippen LogP contribution in [0, 0.1) is 12.8 Å². The van der Waals surface area contributed by atoms with Crippen LogP contribution in [-0.4, -0.2) is 59.9 Å². The second-order valence-corrected chi connectivity index (χ2v) is 10.3. The van der Waals surface area contributed by atoms with E-state index in [4.69, 9.17) is 0 Å². The van der Waals surface area contributed by atoms with Crippen LogP contribution in [0.5, 0.6) is 0 Å². The van der Waals surface area contributed by atoms with Crippen molar-refractivity contribution in [2.45, 2.75) is 45.7 Å². The van der Waals surface area contributed by atoms with Crippen molar-refractivity contribution < 1.29 is 4.79 Å². The van der Waals surface area contributed by atoms with Crippen molar-refractivity contribution in [3.8, 4) is 0 Å². The molecule has 0 spiro atoms. The third-order valence-electron chi connectivity index (χ3n) is 6.52. The SMILES string of the molecule is Cc1ccc(CN2CCCC(CCC(=O)N3CCN(Cc4ccccc4)CC3)C2)s1. The first-order chi connectivity index (χ1) is 14.7. The van der Waals surface area contributed by atoms with Gasteiger partial charge in [-0.05, 0) is 56.3 Å². The molecule has 30 heavy (non-hydrogen) atoms. The molecule has 1 aromatic heterocycles. The lowest BCUT2D eigenvalue weighted by Crippen LogP contribution is -2.48. The third-order valence-corrected chi connectivity index (χ3v) is 7.50. The first kappa shape index (κ1) is 21.5. The number of likely N-dealkylation sites (tertiary alicyclic amines) is 1. The minimum Gasteiger partial charge on any atom is -0.340 e. The van der Waals surface area contributed by atoms with Crippen molar-refractivity contribution in [1.82, 2.24) is 14.7 Å². The second kappa shape index (κ2) is 10.6. The van der Waals surface area contributed by atoms with E-state index in [9.17, 15) is 4.79 Å². The maximum atomic E-state index is 12.8. The number of carbonyl (C=O) groups excluding carboxylic acids is 1. The highest BCUT2D eigenvalue weighted by molar-refractivity contribution is 7.11. The summed E-state index contributed by atoms with van der Waals surface area (Å²) in [6.45, 7) is 10.3.